The molecule has 0 aliphatic heterocycles. The Hall–Kier alpha value is -3.06. The summed E-state index contributed by atoms with van der Waals surface area (Å²) in [6, 6.07) is 12.9. The number of aryl methyl sites for hydroxylation is 5. The minimum Gasteiger partial charge on any atom is -0.383 e. The van der Waals surface area contributed by atoms with E-state index >= 15 is 0 Å². The quantitative estimate of drug-likeness (QED) is 0.491. The van der Waals surface area contributed by atoms with Crippen molar-refractivity contribution in [2.24, 2.45) is 0 Å². The van der Waals surface area contributed by atoms with E-state index in [-0.39, 0.29) is 17.5 Å². The Kier molecular flexibility index (Phi) is 6.95. The Morgan fingerprint density at radius 1 is 1.10 bits per heavy atom. The lowest BCUT2D eigenvalue weighted by Crippen LogP contribution is -2.20. The number of hydrogen-bond acceptors (Lipinski definition) is 3. The second-order valence-electron chi connectivity index (χ2n) is 8.26. The summed E-state index contributed by atoms with van der Waals surface area (Å²) in [5.41, 5.74) is 8.08. The van der Waals surface area contributed by atoms with Gasteiger partial charge in [0, 0.05) is 11.9 Å². The van der Waals surface area contributed by atoms with Crippen LogP contribution in [0.25, 0.3) is 0 Å². The summed E-state index contributed by atoms with van der Waals surface area (Å²) >= 11 is 0. The summed E-state index contributed by atoms with van der Waals surface area (Å²) in [5, 5.41) is 15.8. The van der Waals surface area contributed by atoms with E-state index < -0.39 is 0 Å². The average molecular weight is 402 g/mol. The Labute approximate surface area is 180 Å². The predicted molar refractivity (Wildman–Crippen MR) is 122 cm³/mol. The predicted octanol–water partition coefficient (Wildman–Crippen LogP) is 5.58. The van der Waals surface area contributed by atoms with Crippen molar-refractivity contribution in [2.45, 2.75) is 65.8 Å². The molecule has 0 heterocycles. The van der Waals surface area contributed by atoms with Crippen LogP contribution in [0.3, 0.4) is 0 Å². The van der Waals surface area contributed by atoms with Crippen molar-refractivity contribution in [2.75, 3.05) is 5.32 Å². The van der Waals surface area contributed by atoms with Crippen molar-refractivity contribution in [3.05, 3.63) is 75.5 Å². The number of anilines is 1. The SMILES string of the molecule is CCC(N/C=C(/C#N)C(=O)Nc1c(C)cc(C)cc1C)c1ccc2c(c1)CCCC2. The van der Waals surface area contributed by atoms with Gasteiger partial charge in [0.1, 0.15) is 11.6 Å². The first-order chi connectivity index (χ1) is 14.4. The molecule has 1 aliphatic carbocycles. The summed E-state index contributed by atoms with van der Waals surface area (Å²) in [4.78, 5) is 12.7. The molecule has 0 saturated carbocycles. The lowest BCUT2D eigenvalue weighted by molar-refractivity contribution is -0.112. The number of nitrogens with one attached hydrogen (secondary N) is 2. The Morgan fingerprint density at radius 3 is 2.40 bits per heavy atom. The topological polar surface area (TPSA) is 64.9 Å². The molecule has 0 radical (unpaired) electrons. The van der Waals surface area contributed by atoms with E-state index in [1.165, 1.54) is 29.5 Å². The van der Waals surface area contributed by atoms with Gasteiger partial charge in [0.15, 0.2) is 0 Å². The van der Waals surface area contributed by atoms with Crippen molar-refractivity contribution in [3.63, 3.8) is 0 Å². The van der Waals surface area contributed by atoms with Crippen molar-refractivity contribution in [1.29, 1.82) is 5.26 Å². The lowest BCUT2D eigenvalue weighted by atomic mass is 9.89. The second kappa shape index (κ2) is 9.63. The molecule has 0 spiro atoms. The molecule has 1 amide bonds. The maximum atomic E-state index is 12.7. The second-order valence-corrected chi connectivity index (χ2v) is 8.26. The number of nitrogens with zero attached hydrogens (tertiary/aromatic N) is 1. The van der Waals surface area contributed by atoms with E-state index in [1.54, 1.807) is 6.20 Å². The van der Waals surface area contributed by atoms with Crippen molar-refractivity contribution >= 4 is 11.6 Å². The molecule has 1 atom stereocenters. The van der Waals surface area contributed by atoms with Crippen LogP contribution in [0.1, 0.15) is 65.6 Å². The Balaban J connectivity index is 1.75. The summed E-state index contributed by atoms with van der Waals surface area (Å²) < 4.78 is 0. The molecule has 2 aromatic rings. The van der Waals surface area contributed by atoms with Crippen LogP contribution in [-0.4, -0.2) is 5.91 Å². The van der Waals surface area contributed by atoms with Gasteiger partial charge < -0.3 is 10.6 Å². The molecule has 0 saturated heterocycles. The van der Waals surface area contributed by atoms with Gasteiger partial charge in [-0.05, 0) is 80.7 Å². The molecule has 156 valence electrons. The van der Waals surface area contributed by atoms with E-state index in [1.807, 2.05) is 39.0 Å². The molecule has 2 N–H and O–H groups in total. The fourth-order valence-corrected chi connectivity index (χ4v) is 4.31. The van der Waals surface area contributed by atoms with Crippen molar-refractivity contribution < 1.29 is 4.79 Å². The van der Waals surface area contributed by atoms with Gasteiger partial charge in [0.25, 0.3) is 5.91 Å². The van der Waals surface area contributed by atoms with Crippen LogP contribution < -0.4 is 10.6 Å². The summed E-state index contributed by atoms with van der Waals surface area (Å²) in [6.45, 7) is 8.07. The van der Waals surface area contributed by atoms with E-state index in [2.05, 4.69) is 35.8 Å². The molecule has 1 unspecified atom stereocenters. The van der Waals surface area contributed by atoms with Gasteiger partial charge in [-0.3, -0.25) is 4.79 Å². The smallest absolute Gasteiger partial charge is 0.267 e. The molecule has 0 bridgehead atoms. The third-order valence-electron chi connectivity index (χ3n) is 5.89. The molecule has 30 heavy (non-hydrogen) atoms. The van der Waals surface area contributed by atoms with Crippen LogP contribution >= 0.6 is 0 Å². The zero-order chi connectivity index (χ0) is 21.7. The number of hydrogen-bond donors (Lipinski definition) is 2. The molecular weight excluding hydrogens is 370 g/mol. The van der Waals surface area contributed by atoms with Crippen LogP contribution in [0.2, 0.25) is 0 Å². The fraction of sp³-hybridized carbons (Fsp3) is 0.385. The molecule has 4 heteroatoms. The maximum absolute atomic E-state index is 12.7. The van der Waals surface area contributed by atoms with E-state index in [9.17, 15) is 10.1 Å². The van der Waals surface area contributed by atoms with Crippen LogP contribution in [0.4, 0.5) is 5.69 Å². The molecule has 4 nitrogen and oxygen atoms in total. The molecule has 1 aliphatic rings. The third-order valence-corrected chi connectivity index (χ3v) is 5.89. The summed E-state index contributed by atoms with van der Waals surface area (Å²) in [6.07, 6.45) is 7.24. The standard InChI is InChI=1S/C26H31N3O/c1-5-24(22-11-10-20-8-6-7-9-21(20)14-22)28-16-23(15-27)26(30)29-25-18(3)12-17(2)13-19(25)4/h10-14,16,24,28H,5-9H2,1-4H3,(H,29,30)/b23-16-. The first-order valence-electron chi connectivity index (χ1n) is 10.8. The maximum Gasteiger partial charge on any atom is 0.267 e. The zero-order valence-corrected chi connectivity index (χ0v) is 18.4. The zero-order valence-electron chi connectivity index (χ0n) is 18.4. The van der Waals surface area contributed by atoms with Gasteiger partial charge in [0.2, 0.25) is 0 Å². The number of fused-ring (bicyclic) bond motifs is 1. The van der Waals surface area contributed by atoms with E-state index in [4.69, 9.17) is 0 Å². The van der Waals surface area contributed by atoms with Gasteiger partial charge in [0.05, 0.1) is 6.04 Å². The third kappa shape index (κ3) is 4.91. The van der Waals surface area contributed by atoms with Crippen LogP contribution in [0, 0.1) is 32.1 Å². The van der Waals surface area contributed by atoms with Gasteiger partial charge in [-0.25, -0.2) is 0 Å². The average Bonchev–Trinajstić information content (AvgIpc) is 2.73. The number of carbonyl (C=O) groups excluding carboxylic acids is 1. The Morgan fingerprint density at radius 2 is 1.77 bits per heavy atom. The molecule has 3 rings (SSSR count). The number of benzene rings is 2. The normalized spacial score (nSPS) is 14.4. The van der Waals surface area contributed by atoms with Crippen LogP contribution in [0.15, 0.2) is 42.1 Å². The van der Waals surface area contributed by atoms with Gasteiger partial charge in [-0.2, -0.15) is 5.26 Å². The minimum atomic E-state index is -0.389. The number of amides is 1. The van der Waals surface area contributed by atoms with Crippen LogP contribution in [0.5, 0.6) is 0 Å². The van der Waals surface area contributed by atoms with E-state index in [0.717, 1.165) is 41.6 Å². The van der Waals surface area contributed by atoms with Gasteiger partial charge >= 0.3 is 0 Å². The molecular formula is C26H31N3O. The van der Waals surface area contributed by atoms with Gasteiger partial charge in [-0.1, -0.05) is 42.8 Å². The number of carbonyl (C=O) groups is 1. The van der Waals surface area contributed by atoms with Crippen molar-refractivity contribution in [1.82, 2.24) is 5.32 Å². The van der Waals surface area contributed by atoms with E-state index in [0.29, 0.717) is 0 Å². The summed E-state index contributed by atoms with van der Waals surface area (Å²) in [5.74, 6) is -0.389. The highest BCUT2D eigenvalue weighted by atomic mass is 16.1. The van der Waals surface area contributed by atoms with Crippen molar-refractivity contribution in [3.8, 4) is 6.07 Å². The molecule has 0 fully saturated rings. The van der Waals surface area contributed by atoms with Crippen LogP contribution in [-0.2, 0) is 17.6 Å². The van der Waals surface area contributed by atoms with Gasteiger partial charge in [-0.15, -0.1) is 0 Å². The monoisotopic (exact) mass is 401 g/mol. The lowest BCUT2D eigenvalue weighted by Gasteiger charge is -2.21. The number of nitriles is 1. The summed E-state index contributed by atoms with van der Waals surface area (Å²) in [7, 11) is 0. The first kappa shape index (κ1) is 21.6. The molecule has 2 aromatic carbocycles. The minimum absolute atomic E-state index is 0.0659. The highest BCUT2D eigenvalue weighted by molar-refractivity contribution is 6.07. The fourth-order valence-electron chi connectivity index (χ4n) is 4.31. The number of rotatable bonds is 6. The highest BCUT2D eigenvalue weighted by Crippen LogP contribution is 2.26. The molecule has 0 aromatic heterocycles. The first-order valence-corrected chi connectivity index (χ1v) is 10.8. The highest BCUT2D eigenvalue weighted by Gasteiger charge is 2.16. The largest absolute Gasteiger partial charge is 0.383 e. The Bertz CT molecular complexity index is 990.